The Bertz CT molecular complexity index is 794. The predicted molar refractivity (Wildman–Crippen MR) is 96.0 cm³/mol. The molecule has 5 nitrogen and oxygen atoms in total. The van der Waals surface area contributed by atoms with E-state index in [2.05, 4.69) is 15.8 Å². The number of hydrazone groups is 1. The summed E-state index contributed by atoms with van der Waals surface area (Å²) in [7, 11) is 0. The van der Waals surface area contributed by atoms with Crippen molar-refractivity contribution in [1.29, 1.82) is 0 Å². The number of rotatable bonds is 5. The molecule has 0 spiro atoms. The number of nitrogens with zero attached hydrogens (tertiary/aromatic N) is 1. The van der Waals surface area contributed by atoms with E-state index in [0.29, 0.717) is 21.2 Å². The van der Waals surface area contributed by atoms with Crippen LogP contribution in [0.2, 0.25) is 15.1 Å². The SMILES string of the molecule is O=C(CNC(=O)c1ccc(Cl)c(Cl)c1)NN=Cc1ccccc1Cl. The summed E-state index contributed by atoms with van der Waals surface area (Å²) in [5.41, 5.74) is 3.26. The first-order valence-corrected chi connectivity index (χ1v) is 7.90. The third-order valence-electron chi connectivity index (χ3n) is 2.89. The molecule has 0 aliphatic rings. The van der Waals surface area contributed by atoms with Gasteiger partial charge in [0, 0.05) is 16.1 Å². The minimum Gasteiger partial charge on any atom is -0.343 e. The quantitative estimate of drug-likeness (QED) is 0.611. The lowest BCUT2D eigenvalue weighted by atomic mass is 10.2. The highest BCUT2D eigenvalue weighted by Gasteiger charge is 2.09. The van der Waals surface area contributed by atoms with Gasteiger partial charge in [-0.25, -0.2) is 5.43 Å². The summed E-state index contributed by atoms with van der Waals surface area (Å²) in [5.74, 6) is -0.925. The molecule has 0 saturated heterocycles. The van der Waals surface area contributed by atoms with Crippen LogP contribution in [0.25, 0.3) is 0 Å². The van der Waals surface area contributed by atoms with E-state index in [4.69, 9.17) is 34.8 Å². The van der Waals surface area contributed by atoms with Gasteiger partial charge in [0.05, 0.1) is 22.8 Å². The van der Waals surface area contributed by atoms with Gasteiger partial charge in [0.15, 0.2) is 0 Å². The standard InChI is InChI=1S/C16H12Cl3N3O2/c17-12-4-2-1-3-11(12)8-21-22-15(23)9-20-16(24)10-5-6-13(18)14(19)7-10/h1-8H,9H2,(H,20,24)(H,22,23). The maximum absolute atomic E-state index is 11.9. The van der Waals surface area contributed by atoms with Crippen molar-refractivity contribution in [3.63, 3.8) is 0 Å². The van der Waals surface area contributed by atoms with E-state index in [1.165, 1.54) is 24.4 Å². The van der Waals surface area contributed by atoms with Gasteiger partial charge in [0.2, 0.25) is 0 Å². The highest BCUT2D eigenvalue weighted by Crippen LogP contribution is 2.22. The molecule has 24 heavy (non-hydrogen) atoms. The number of halogens is 3. The van der Waals surface area contributed by atoms with E-state index in [1.54, 1.807) is 24.3 Å². The van der Waals surface area contributed by atoms with Crippen LogP contribution in [-0.4, -0.2) is 24.6 Å². The normalized spacial score (nSPS) is 10.6. The smallest absolute Gasteiger partial charge is 0.259 e. The molecule has 0 saturated carbocycles. The summed E-state index contributed by atoms with van der Waals surface area (Å²) in [6.45, 7) is -0.237. The number of hydrogen-bond acceptors (Lipinski definition) is 3. The molecule has 2 rings (SSSR count). The zero-order chi connectivity index (χ0) is 17.5. The monoisotopic (exact) mass is 383 g/mol. The summed E-state index contributed by atoms with van der Waals surface area (Å²) in [6, 6.07) is 11.5. The van der Waals surface area contributed by atoms with Crippen molar-refractivity contribution in [3.8, 4) is 0 Å². The summed E-state index contributed by atoms with van der Waals surface area (Å²) < 4.78 is 0. The summed E-state index contributed by atoms with van der Waals surface area (Å²) in [4.78, 5) is 23.6. The van der Waals surface area contributed by atoms with Gasteiger partial charge >= 0.3 is 0 Å². The van der Waals surface area contributed by atoms with Crippen LogP contribution in [0.4, 0.5) is 0 Å². The first-order valence-electron chi connectivity index (χ1n) is 6.77. The predicted octanol–water partition coefficient (Wildman–Crippen LogP) is 3.53. The maximum atomic E-state index is 11.9. The van der Waals surface area contributed by atoms with Crippen molar-refractivity contribution in [3.05, 3.63) is 68.7 Å². The van der Waals surface area contributed by atoms with Crippen molar-refractivity contribution < 1.29 is 9.59 Å². The average molecular weight is 385 g/mol. The maximum Gasteiger partial charge on any atom is 0.259 e. The number of hydrogen-bond donors (Lipinski definition) is 2. The average Bonchev–Trinajstić information content (AvgIpc) is 2.57. The van der Waals surface area contributed by atoms with Gasteiger partial charge in [-0.2, -0.15) is 5.10 Å². The molecule has 0 bridgehead atoms. The Morgan fingerprint density at radius 3 is 2.46 bits per heavy atom. The van der Waals surface area contributed by atoms with E-state index in [-0.39, 0.29) is 11.6 Å². The Morgan fingerprint density at radius 2 is 1.75 bits per heavy atom. The second-order valence-corrected chi connectivity index (χ2v) is 5.85. The van der Waals surface area contributed by atoms with E-state index in [9.17, 15) is 9.59 Å². The number of carbonyl (C=O) groups excluding carboxylic acids is 2. The molecule has 0 radical (unpaired) electrons. The Balaban J connectivity index is 1.83. The first-order chi connectivity index (χ1) is 11.5. The molecule has 0 atom stereocenters. The molecule has 0 heterocycles. The molecule has 0 fully saturated rings. The van der Waals surface area contributed by atoms with Crippen molar-refractivity contribution >= 4 is 52.8 Å². The molecule has 2 amide bonds. The molecule has 0 aromatic heterocycles. The Hall–Kier alpha value is -2.08. The lowest BCUT2D eigenvalue weighted by Crippen LogP contribution is -2.34. The largest absolute Gasteiger partial charge is 0.343 e. The lowest BCUT2D eigenvalue weighted by Gasteiger charge is -2.05. The van der Waals surface area contributed by atoms with Gasteiger partial charge in [-0.05, 0) is 24.3 Å². The molecular weight excluding hydrogens is 373 g/mol. The van der Waals surface area contributed by atoms with Crippen LogP contribution in [0, 0.1) is 0 Å². The summed E-state index contributed by atoms with van der Waals surface area (Å²) in [5, 5.41) is 7.36. The van der Waals surface area contributed by atoms with Crippen molar-refractivity contribution in [1.82, 2.24) is 10.7 Å². The molecule has 2 N–H and O–H groups in total. The zero-order valence-electron chi connectivity index (χ0n) is 12.2. The third kappa shape index (κ3) is 5.23. The molecule has 8 heteroatoms. The molecule has 124 valence electrons. The topological polar surface area (TPSA) is 70.6 Å². The molecule has 0 unspecified atom stereocenters. The van der Waals surface area contributed by atoms with Crippen molar-refractivity contribution in [2.24, 2.45) is 5.10 Å². The van der Waals surface area contributed by atoms with Gasteiger partial charge in [-0.15, -0.1) is 0 Å². The Kier molecular flexibility index (Phi) is 6.61. The van der Waals surface area contributed by atoms with Gasteiger partial charge in [0.25, 0.3) is 11.8 Å². The van der Waals surface area contributed by atoms with Crippen molar-refractivity contribution in [2.75, 3.05) is 6.54 Å². The molecule has 0 aliphatic heterocycles. The van der Waals surface area contributed by atoms with Gasteiger partial charge in [-0.1, -0.05) is 53.0 Å². The van der Waals surface area contributed by atoms with Crippen molar-refractivity contribution in [2.45, 2.75) is 0 Å². The highest BCUT2D eigenvalue weighted by atomic mass is 35.5. The fourth-order valence-corrected chi connectivity index (χ4v) is 2.18. The van der Waals surface area contributed by atoms with Crippen LogP contribution < -0.4 is 10.7 Å². The third-order valence-corrected chi connectivity index (χ3v) is 3.97. The number of amides is 2. The van der Waals surface area contributed by atoms with E-state index < -0.39 is 11.8 Å². The number of carbonyl (C=O) groups is 2. The minimum atomic E-state index is -0.480. The zero-order valence-corrected chi connectivity index (χ0v) is 14.5. The summed E-state index contributed by atoms with van der Waals surface area (Å²) in [6.07, 6.45) is 1.42. The van der Waals surface area contributed by atoms with Gasteiger partial charge < -0.3 is 5.32 Å². The Morgan fingerprint density at radius 1 is 1.00 bits per heavy atom. The second kappa shape index (κ2) is 8.68. The van der Waals surface area contributed by atoms with Crippen LogP contribution in [0.5, 0.6) is 0 Å². The minimum absolute atomic E-state index is 0.237. The van der Waals surface area contributed by atoms with Crippen LogP contribution in [0.1, 0.15) is 15.9 Å². The van der Waals surface area contributed by atoms with Crippen LogP contribution >= 0.6 is 34.8 Å². The van der Waals surface area contributed by atoms with E-state index in [1.807, 2.05) is 0 Å². The van der Waals surface area contributed by atoms with Gasteiger partial charge in [0.1, 0.15) is 0 Å². The van der Waals surface area contributed by atoms with Crippen LogP contribution in [0.15, 0.2) is 47.6 Å². The number of benzene rings is 2. The van der Waals surface area contributed by atoms with Gasteiger partial charge in [-0.3, -0.25) is 9.59 Å². The highest BCUT2D eigenvalue weighted by molar-refractivity contribution is 6.42. The van der Waals surface area contributed by atoms with E-state index >= 15 is 0 Å². The summed E-state index contributed by atoms with van der Waals surface area (Å²) >= 11 is 17.6. The number of nitrogens with one attached hydrogen (secondary N) is 2. The van der Waals surface area contributed by atoms with Crippen LogP contribution in [-0.2, 0) is 4.79 Å². The second-order valence-electron chi connectivity index (χ2n) is 4.63. The molecule has 2 aromatic rings. The fourth-order valence-electron chi connectivity index (χ4n) is 1.69. The molecule has 0 aliphatic carbocycles. The Labute approximate surface area is 153 Å². The lowest BCUT2D eigenvalue weighted by molar-refractivity contribution is -0.120. The first kappa shape index (κ1) is 18.3. The molecule has 2 aromatic carbocycles. The van der Waals surface area contributed by atoms with Crippen LogP contribution in [0.3, 0.4) is 0 Å². The van der Waals surface area contributed by atoms with E-state index in [0.717, 1.165) is 0 Å². The fraction of sp³-hybridized carbons (Fsp3) is 0.0625. The molecular formula is C16H12Cl3N3O2.